The van der Waals surface area contributed by atoms with Crippen molar-refractivity contribution in [1.29, 1.82) is 0 Å². The van der Waals surface area contributed by atoms with E-state index in [4.69, 9.17) is 0 Å². The first-order valence-corrected chi connectivity index (χ1v) is 7.29. The second-order valence-corrected chi connectivity index (χ2v) is 6.02. The van der Waals surface area contributed by atoms with Crippen LogP contribution < -0.4 is 10.2 Å². The SMILES string of the molecule is Cc1cc(N2CCC(O)C2)ccc1CNCC(C)C. The molecular weight excluding hydrogens is 236 g/mol. The quantitative estimate of drug-likeness (QED) is 0.855. The molecule has 1 fully saturated rings. The van der Waals surface area contributed by atoms with Gasteiger partial charge in [-0.2, -0.15) is 0 Å². The van der Waals surface area contributed by atoms with Gasteiger partial charge in [0.15, 0.2) is 0 Å². The number of nitrogens with one attached hydrogen (secondary N) is 1. The number of aliphatic hydroxyl groups excluding tert-OH is 1. The van der Waals surface area contributed by atoms with Crippen LogP contribution in [0.4, 0.5) is 5.69 Å². The molecule has 0 radical (unpaired) electrons. The first kappa shape index (κ1) is 14.4. The molecule has 1 aromatic carbocycles. The van der Waals surface area contributed by atoms with E-state index in [2.05, 4.69) is 49.2 Å². The monoisotopic (exact) mass is 262 g/mol. The molecule has 0 spiro atoms. The normalized spacial score (nSPS) is 19.4. The summed E-state index contributed by atoms with van der Waals surface area (Å²) in [6, 6.07) is 6.63. The van der Waals surface area contributed by atoms with Crippen LogP contribution in [0.5, 0.6) is 0 Å². The summed E-state index contributed by atoms with van der Waals surface area (Å²) in [4.78, 5) is 2.27. The number of anilines is 1. The van der Waals surface area contributed by atoms with Crippen molar-refractivity contribution in [3.05, 3.63) is 29.3 Å². The van der Waals surface area contributed by atoms with Crippen molar-refractivity contribution in [1.82, 2.24) is 5.32 Å². The van der Waals surface area contributed by atoms with Crippen LogP contribution in [-0.2, 0) is 6.54 Å². The molecule has 0 aromatic heterocycles. The maximum absolute atomic E-state index is 9.60. The molecule has 0 amide bonds. The van der Waals surface area contributed by atoms with Crippen molar-refractivity contribution in [2.75, 3.05) is 24.5 Å². The molecule has 1 unspecified atom stereocenters. The Bertz CT molecular complexity index is 417. The molecule has 0 bridgehead atoms. The maximum Gasteiger partial charge on any atom is 0.0731 e. The molecule has 1 aromatic rings. The summed E-state index contributed by atoms with van der Waals surface area (Å²) in [5.74, 6) is 0.686. The standard InChI is InChI=1S/C16H26N2O/c1-12(2)9-17-10-14-4-5-15(8-13(14)3)18-7-6-16(19)11-18/h4-5,8,12,16-17,19H,6-7,9-11H2,1-3H3. The molecule has 1 atom stereocenters. The first-order valence-electron chi connectivity index (χ1n) is 7.29. The minimum Gasteiger partial charge on any atom is -0.391 e. The third kappa shape index (κ3) is 3.95. The number of rotatable bonds is 5. The van der Waals surface area contributed by atoms with Crippen molar-refractivity contribution in [2.45, 2.75) is 39.8 Å². The Balaban J connectivity index is 1.97. The van der Waals surface area contributed by atoms with Gasteiger partial charge in [0.05, 0.1) is 6.10 Å². The molecule has 2 rings (SSSR count). The Labute approximate surface area is 116 Å². The molecule has 1 aliphatic heterocycles. The summed E-state index contributed by atoms with van der Waals surface area (Å²) in [6.45, 7) is 10.3. The molecule has 1 saturated heterocycles. The fraction of sp³-hybridized carbons (Fsp3) is 0.625. The van der Waals surface area contributed by atoms with Crippen molar-refractivity contribution in [3.8, 4) is 0 Å². The lowest BCUT2D eigenvalue weighted by molar-refractivity contribution is 0.198. The third-order valence-electron chi connectivity index (χ3n) is 3.72. The van der Waals surface area contributed by atoms with Gasteiger partial charge in [-0.1, -0.05) is 19.9 Å². The van der Waals surface area contributed by atoms with Crippen LogP contribution in [-0.4, -0.2) is 30.8 Å². The van der Waals surface area contributed by atoms with E-state index < -0.39 is 0 Å². The fourth-order valence-electron chi connectivity index (χ4n) is 2.55. The number of benzene rings is 1. The number of hydrogen-bond acceptors (Lipinski definition) is 3. The smallest absolute Gasteiger partial charge is 0.0731 e. The van der Waals surface area contributed by atoms with Gasteiger partial charge in [-0.3, -0.25) is 0 Å². The van der Waals surface area contributed by atoms with E-state index in [1.807, 2.05) is 0 Å². The molecule has 0 saturated carbocycles. The molecule has 106 valence electrons. The summed E-state index contributed by atoms with van der Waals surface area (Å²) in [5, 5.41) is 13.1. The summed E-state index contributed by atoms with van der Waals surface area (Å²) in [7, 11) is 0. The van der Waals surface area contributed by atoms with E-state index in [0.717, 1.165) is 32.6 Å². The number of β-amino-alcohol motifs (C(OH)–C–C–N with tert-alkyl or cyclic N) is 1. The molecule has 2 N–H and O–H groups in total. The van der Waals surface area contributed by atoms with E-state index in [9.17, 15) is 5.11 Å². The van der Waals surface area contributed by atoms with Gasteiger partial charge in [-0.05, 0) is 49.1 Å². The van der Waals surface area contributed by atoms with Crippen molar-refractivity contribution < 1.29 is 5.11 Å². The van der Waals surface area contributed by atoms with Gasteiger partial charge in [0.2, 0.25) is 0 Å². The highest BCUT2D eigenvalue weighted by Gasteiger charge is 2.20. The van der Waals surface area contributed by atoms with E-state index in [-0.39, 0.29) is 6.10 Å². The Morgan fingerprint density at radius 1 is 1.42 bits per heavy atom. The molecule has 0 aliphatic carbocycles. The zero-order chi connectivity index (χ0) is 13.8. The zero-order valence-corrected chi connectivity index (χ0v) is 12.3. The maximum atomic E-state index is 9.60. The summed E-state index contributed by atoms with van der Waals surface area (Å²) in [5.41, 5.74) is 3.93. The van der Waals surface area contributed by atoms with Crippen molar-refractivity contribution in [3.63, 3.8) is 0 Å². The number of nitrogens with zero attached hydrogens (tertiary/aromatic N) is 1. The Morgan fingerprint density at radius 3 is 2.79 bits per heavy atom. The van der Waals surface area contributed by atoms with Crippen LogP contribution in [0, 0.1) is 12.8 Å². The Morgan fingerprint density at radius 2 is 2.21 bits per heavy atom. The van der Waals surface area contributed by atoms with Gasteiger partial charge >= 0.3 is 0 Å². The topological polar surface area (TPSA) is 35.5 Å². The first-order chi connectivity index (χ1) is 9.06. The lowest BCUT2D eigenvalue weighted by Crippen LogP contribution is -2.22. The Kier molecular flexibility index (Phi) is 4.83. The second kappa shape index (κ2) is 6.40. The van der Waals surface area contributed by atoms with E-state index in [1.165, 1.54) is 16.8 Å². The van der Waals surface area contributed by atoms with Crippen LogP contribution in [0.3, 0.4) is 0 Å². The predicted molar refractivity (Wildman–Crippen MR) is 80.6 cm³/mol. The number of aryl methyl sites for hydroxylation is 1. The minimum absolute atomic E-state index is 0.160. The zero-order valence-electron chi connectivity index (χ0n) is 12.3. The van der Waals surface area contributed by atoms with Gasteiger partial charge in [0.25, 0.3) is 0 Å². The van der Waals surface area contributed by atoms with Crippen LogP contribution >= 0.6 is 0 Å². The minimum atomic E-state index is -0.160. The Hall–Kier alpha value is -1.06. The molecule has 3 nitrogen and oxygen atoms in total. The average Bonchev–Trinajstić information content (AvgIpc) is 2.77. The molecular formula is C16H26N2O. The molecule has 1 heterocycles. The fourth-order valence-corrected chi connectivity index (χ4v) is 2.55. The molecule has 3 heteroatoms. The third-order valence-corrected chi connectivity index (χ3v) is 3.72. The van der Waals surface area contributed by atoms with Gasteiger partial charge < -0.3 is 15.3 Å². The van der Waals surface area contributed by atoms with Gasteiger partial charge in [-0.15, -0.1) is 0 Å². The summed E-state index contributed by atoms with van der Waals surface area (Å²) >= 11 is 0. The van der Waals surface area contributed by atoms with E-state index in [0.29, 0.717) is 5.92 Å². The summed E-state index contributed by atoms with van der Waals surface area (Å²) < 4.78 is 0. The van der Waals surface area contributed by atoms with Crippen LogP contribution in [0.2, 0.25) is 0 Å². The lowest BCUT2D eigenvalue weighted by atomic mass is 10.1. The highest BCUT2D eigenvalue weighted by atomic mass is 16.3. The van der Waals surface area contributed by atoms with Gasteiger partial charge in [-0.25, -0.2) is 0 Å². The highest BCUT2D eigenvalue weighted by molar-refractivity contribution is 5.51. The molecule has 19 heavy (non-hydrogen) atoms. The van der Waals surface area contributed by atoms with Crippen LogP contribution in [0.1, 0.15) is 31.4 Å². The number of aliphatic hydroxyl groups is 1. The van der Waals surface area contributed by atoms with Crippen LogP contribution in [0.25, 0.3) is 0 Å². The van der Waals surface area contributed by atoms with Crippen LogP contribution in [0.15, 0.2) is 18.2 Å². The highest BCUT2D eigenvalue weighted by Crippen LogP contribution is 2.23. The van der Waals surface area contributed by atoms with Gasteiger partial charge in [0.1, 0.15) is 0 Å². The van der Waals surface area contributed by atoms with Gasteiger partial charge in [0, 0.05) is 25.3 Å². The predicted octanol–water partition coefficient (Wildman–Crippen LogP) is 2.31. The summed E-state index contributed by atoms with van der Waals surface area (Å²) in [6.07, 6.45) is 0.726. The largest absolute Gasteiger partial charge is 0.391 e. The lowest BCUT2D eigenvalue weighted by Gasteiger charge is -2.19. The van der Waals surface area contributed by atoms with Crippen molar-refractivity contribution in [2.24, 2.45) is 5.92 Å². The van der Waals surface area contributed by atoms with E-state index >= 15 is 0 Å². The van der Waals surface area contributed by atoms with Crippen molar-refractivity contribution >= 4 is 5.69 Å². The number of hydrogen-bond donors (Lipinski definition) is 2. The average molecular weight is 262 g/mol. The second-order valence-electron chi connectivity index (χ2n) is 6.02. The molecule has 1 aliphatic rings. The van der Waals surface area contributed by atoms with E-state index in [1.54, 1.807) is 0 Å².